The third-order valence-corrected chi connectivity index (χ3v) is 6.63. The summed E-state index contributed by atoms with van der Waals surface area (Å²) in [6.45, 7) is 9.07. The zero-order valence-corrected chi connectivity index (χ0v) is 19.7. The molecule has 1 N–H and O–H groups in total. The minimum Gasteiger partial charge on any atom is -0.508 e. The maximum atomic E-state index is 13.5. The Balaban J connectivity index is 1.57. The number of phenolic OH excluding ortho intramolecular Hbond substituents is 1. The monoisotopic (exact) mass is 448 g/mol. The third-order valence-electron chi connectivity index (χ3n) is 6.63. The molecule has 1 heterocycles. The van der Waals surface area contributed by atoms with Gasteiger partial charge in [-0.3, -0.25) is 4.90 Å². The molecule has 5 heteroatoms. The smallest absolute Gasteiger partial charge is 0.149 e. The maximum Gasteiger partial charge on any atom is 0.149 e. The molecule has 3 aromatic carbocycles. The van der Waals surface area contributed by atoms with Gasteiger partial charge in [-0.1, -0.05) is 32.0 Å². The number of ether oxygens (including phenoxy) is 1. The van der Waals surface area contributed by atoms with Crippen molar-refractivity contribution in [1.82, 2.24) is 4.90 Å². The van der Waals surface area contributed by atoms with Gasteiger partial charge in [0.1, 0.15) is 23.5 Å². The van der Waals surface area contributed by atoms with Crippen molar-refractivity contribution in [2.24, 2.45) is 0 Å². The first kappa shape index (κ1) is 23.1. The van der Waals surface area contributed by atoms with E-state index in [0.29, 0.717) is 5.75 Å². The predicted octanol–water partition coefficient (Wildman–Crippen LogP) is 5.94. The van der Waals surface area contributed by atoms with Crippen molar-refractivity contribution in [2.75, 3.05) is 24.5 Å². The van der Waals surface area contributed by atoms with Gasteiger partial charge in [-0.05, 0) is 98.1 Å². The Labute approximate surface area is 196 Å². The Morgan fingerprint density at radius 3 is 2.39 bits per heavy atom. The van der Waals surface area contributed by atoms with Crippen LogP contribution in [0.2, 0.25) is 0 Å². The van der Waals surface area contributed by atoms with Gasteiger partial charge in [0.25, 0.3) is 0 Å². The summed E-state index contributed by atoms with van der Waals surface area (Å²) in [5, 5.41) is 9.98. The summed E-state index contributed by atoms with van der Waals surface area (Å²) in [6.07, 6.45) is 1.67. The second-order valence-electron chi connectivity index (χ2n) is 8.61. The van der Waals surface area contributed by atoms with Crippen molar-refractivity contribution < 1.29 is 14.2 Å². The summed E-state index contributed by atoms with van der Waals surface area (Å²) in [7, 11) is 0. The highest BCUT2D eigenvalue weighted by Gasteiger charge is 2.28. The van der Waals surface area contributed by atoms with E-state index in [4.69, 9.17) is 4.74 Å². The number of nitrogens with zero attached hydrogens (tertiary/aromatic N) is 2. The van der Waals surface area contributed by atoms with Crippen LogP contribution in [0.3, 0.4) is 0 Å². The average molecular weight is 449 g/mol. The molecular weight excluding hydrogens is 415 g/mol. The topological polar surface area (TPSA) is 35.9 Å². The molecule has 0 fully saturated rings. The predicted molar refractivity (Wildman–Crippen MR) is 131 cm³/mol. The van der Waals surface area contributed by atoms with Gasteiger partial charge in [0.05, 0.1) is 6.04 Å². The van der Waals surface area contributed by atoms with Crippen LogP contribution >= 0.6 is 0 Å². The van der Waals surface area contributed by atoms with Crippen LogP contribution in [0.1, 0.15) is 43.5 Å². The molecule has 33 heavy (non-hydrogen) atoms. The van der Waals surface area contributed by atoms with E-state index in [2.05, 4.69) is 42.7 Å². The van der Waals surface area contributed by atoms with E-state index in [1.54, 1.807) is 6.07 Å². The first-order chi connectivity index (χ1) is 16.0. The van der Waals surface area contributed by atoms with Gasteiger partial charge in [-0.2, -0.15) is 0 Å². The minimum atomic E-state index is -0.229. The van der Waals surface area contributed by atoms with Crippen molar-refractivity contribution in [3.8, 4) is 11.5 Å². The standard InChI is InChI=1S/C28H33FN2O2/c1-4-30(5-2)20(3)33-26-13-6-21(7-14-26)18-28-27-15-12-25(32)19-22(27)16-17-31(28)24-10-8-23(29)9-11-24/h6-15,19-20,28,32H,4-5,16-18H2,1-3H3. The molecule has 1 aliphatic heterocycles. The van der Waals surface area contributed by atoms with Crippen LogP contribution in [0.4, 0.5) is 10.1 Å². The van der Waals surface area contributed by atoms with Gasteiger partial charge in [0, 0.05) is 12.2 Å². The second kappa shape index (κ2) is 10.3. The van der Waals surface area contributed by atoms with Crippen molar-refractivity contribution in [1.29, 1.82) is 0 Å². The SMILES string of the molecule is CCN(CC)C(C)Oc1ccc(CC2c3ccc(O)cc3CCN2c2ccc(F)cc2)cc1. The quantitative estimate of drug-likeness (QED) is 0.432. The number of halogens is 1. The highest BCUT2D eigenvalue weighted by atomic mass is 19.1. The third kappa shape index (κ3) is 5.31. The number of hydrogen-bond acceptors (Lipinski definition) is 4. The van der Waals surface area contributed by atoms with E-state index in [0.717, 1.165) is 43.9 Å². The van der Waals surface area contributed by atoms with Crippen molar-refractivity contribution in [3.63, 3.8) is 0 Å². The normalized spacial score (nSPS) is 16.5. The van der Waals surface area contributed by atoms with Crippen LogP contribution in [-0.4, -0.2) is 35.9 Å². The summed E-state index contributed by atoms with van der Waals surface area (Å²) in [5.74, 6) is 0.932. The Kier molecular flexibility index (Phi) is 7.19. The largest absolute Gasteiger partial charge is 0.508 e. The molecule has 0 radical (unpaired) electrons. The second-order valence-corrected chi connectivity index (χ2v) is 8.61. The number of anilines is 1. The number of fused-ring (bicyclic) bond motifs is 1. The lowest BCUT2D eigenvalue weighted by Gasteiger charge is -2.39. The van der Waals surface area contributed by atoms with Gasteiger partial charge < -0.3 is 14.7 Å². The summed E-state index contributed by atoms with van der Waals surface area (Å²) < 4.78 is 19.7. The summed E-state index contributed by atoms with van der Waals surface area (Å²) in [6, 6.07) is 20.8. The van der Waals surface area contributed by atoms with E-state index >= 15 is 0 Å². The van der Waals surface area contributed by atoms with Crippen molar-refractivity contribution in [3.05, 3.63) is 89.2 Å². The summed E-state index contributed by atoms with van der Waals surface area (Å²) in [5.41, 5.74) is 4.59. The van der Waals surface area contributed by atoms with Gasteiger partial charge in [0.15, 0.2) is 0 Å². The molecule has 2 atom stereocenters. The summed E-state index contributed by atoms with van der Waals surface area (Å²) >= 11 is 0. The highest BCUT2D eigenvalue weighted by Crippen LogP contribution is 2.37. The minimum absolute atomic E-state index is 0.0257. The van der Waals surface area contributed by atoms with Gasteiger partial charge in [0.2, 0.25) is 0 Å². The maximum absolute atomic E-state index is 13.5. The van der Waals surface area contributed by atoms with Gasteiger partial charge >= 0.3 is 0 Å². The first-order valence-electron chi connectivity index (χ1n) is 11.8. The number of aromatic hydroxyl groups is 1. The fourth-order valence-corrected chi connectivity index (χ4v) is 4.80. The highest BCUT2D eigenvalue weighted by molar-refractivity contribution is 5.53. The van der Waals surface area contributed by atoms with Crippen LogP contribution < -0.4 is 9.64 Å². The molecule has 0 amide bonds. The molecule has 4 rings (SSSR count). The van der Waals surface area contributed by atoms with Gasteiger partial charge in [-0.25, -0.2) is 4.39 Å². The molecule has 1 aliphatic rings. The molecular formula is C28H33FN2O2. The number of phenols is 1. The molecule has 0 aliphatic carbocycles. The zero-order valence-electron chi connectivity index (χ0n) is 19.7. The Bertz CT molecular complexity index is 1050. The first-order valence-corrected chi connectivity index (χ1v) is 11.8. The van der Waals surface area contributed by atoms with Gasteiger partial charge in [-0.15, -0.1) is 0 Å². The molecule has 0 saturated carbocycles. The van der Waals surface area contributed by atoms with E-state index in [-0.39, 0.29) is 18.1 Å². The van der Waals surface area contributed by atoms with Crippen LogP contribution in [0.15, 0.2) is 66.7 Å². The van der Waals surface area contributed by atoms with Crippen LogP contribution in [-0.2, 0) is 12.8 Å². The fourth-order valence-electron chi connectivity index (χ4n) is 4.80. The van der Waals surface area contributed by atoms with E-state index in [1.165, 1.54) is 28.8 Å². The van der Waals surface area contributed by atoms with E-state index in [9.17, 15) is 9.50 Å². The Hall–Kier alpha value is -3.05. The molecule has 3 aromatic rings. The molecule has 2 unspecified atom stereocenters. The number of benzene rings is 3. The molecule has 174 valence electrons. The molecule has 0 saturated heterocycles. The summed E-state index contributed by atoms with van der Waals surface area (Å²) in [4.78, 5) is 4.61. The van der Waals surface area contributed by atoms with Crippen molar-refractivity contribution >= 4 is 5.69 Å². The van der Waals surface area contributed by atoms with E-state index < -0.39 is 0 Å². The van der Waals surface area contributed by atoms with Crippen LogP contribution in [0.5, 0.6) is 11.5 Å². The molecule has 0 bridgehead atoms. The fraction of sp³-hybridized carbons (Fsp3) is 0.357. The van der Waals surface area contributed by atoms with E-state index in [1.807, 2.05) is 36.4 Å². The Morgan fingerprint density at radius 1 is 1.03 bits per heavy atom. The number of rotatable bonds is 8. The average Bonchev–Trinajstić information content (AvgIpc) is 2.82. The zero-order chi connectivity index (χ0) is 23.4. The molecule has 0 aromatic heterocycles. The Morgan fingerprint density at radius 2 is 1.73 bits per heavy atom. The number of hydrogen-bond donors (Lipinski definition) is 1. The molecule has 0 spiro atoms. The van der Waals surface area contributed by atoms with Crippen LogP contribution in [0.25, 0.3) is 0 Å². The lowest BCUT2D eigenvalue weighted by Crippen LogP contribution is -2.37. The lowest BCUT2D eigenvalue weighted by atomic mass is 9.88. The lowest BCUT2D eigenvalue weighted by molar-refractivity contribution is 0.0480. The van der Waals surface area contributed by atoms with Crippen LogP contribution in [0, 0.1) is 5.82 Å². The molecule has 4 nitrogen and oxygen atoms in total. The van der Waals surface area contributed by atoms with Crippen molar-refractivity contribution in [2.45, 2.75) is 45.9 Å².